The smallest absolute Gasteiger partial charge is 0.307 e. The van der Waals surface area contributed by atoms with Gasteiger partial charge in [-0.2, -0.15) is 0 Å². The first-order valence-corrected chi connectivity index (χ1v) is 6.43. The van der Waals surface area contributed by atoms with E-state index in [9.17, 15) is 9.59 Å². The van der Waals surface area contributed by atoms with E-state index in [2.05, 4.69) is 9.72 Å². The quantitative estimate of drug-likeness (QED) is 0.802. The second-order valence-corrected chi connectivity index (χ2v) is 4.78. The molecule has 0 spiro atoms. The van der Waals surface area contributed by atoms with E-state index in [0.717, 1.165) is 19.3 Å². The zero-order valence-corrected chi connectivity index (χ0v) is 11.0. The molecule has 1 fully saturated rings. The molecule has 19 heavy (non-hydrogen) atoms. The predicted octanol–water partition coefficient (Wildman–Crippen LogP) is 1.15. The van der Waals surface area contributed by atoms with Gasteiger partial charge in [-0.15, -0.1) is 0 Å². The lowest BCUT2D eigenvalue weighted by atomic mass is 9.99. The van der Waals surface area contributed by atoms with Crippen LogP contribution in [0.2, 0.25) is 0 Å². The number of aromatic nitrogens is 1. The van der Waals surface area contributed by atoms with E-state index in [1.54, 1.807) is 17.2 Å². The van der Waals surface area contributed by atoms with E-state index >= 15 is 0 Å². The van der Waals surface area contributed by atoms with Crippen LogP contribution in [0.1, 0.15) is 36.2 Å². The average molecular weight is 265 g/mol. The molecule has 104 valence electrons. The maximum absolute atomic E-state index is 12.4. The molecule has 1 aliphatic heterocycles. The maximum atomic E-state index is 12.4. The molecular weight excluding hydrogens is 246 g/mol. The van der Waals surface area contributed by atoms with Gasteiger partial charge in [-0.1, -0.05) is 0 Å². The van der Waals surface area contributed by atoms with Crippen molar-refractivity contribution in [2.45, 2.75) is 31.7 Å². The van der Waals surface area contributed by atoms with Crippen molar-refractivity contribution < 1.29 is 14.3 Å². The van der Waals surface area contributed by atoms with Crippen LogP contribution in [-0.2, 0) is 9.53 Å². The lowest BCUT2D eigenvalue weighted by Gasteiger charge is -2.34. The Morgan fingerprint density at radius 2 is 2.32 bits per heavy atom. The van der Waals surface area contributed by atoms with Gasteiger partial charge in [0, 0.05) is 24.5 Å². The highest BCUT2D eigenvalue weighted by Crippen LogP contribution is 2.22. The summed E-state index contributed by atoms with van der Waals surface area (Å²) in [6, 6.07) is 1.53. The molecule has 0 aromatic carbocycles. The number of nitrogens with one attached hydrogen (secondary N) is 1. The van der Waals surface area contributed by atoms with Crippen molar-refractivity contribution in [3.63, 3.8) is 0 Å². The summed E-state index contributed by atoms with van der Waals surface area (Å²) < 4.78 is 4.69. The fourth-order valence-corrected chi connectivity index (χ4v) is 2.45. The van der Waals surface area contributed by atoms with Crippen molar-refractivity contribution in [3.8, 4) is 0 Å². The Bertz CT molecular complexity index is 469. The van der Waals surface area contributed by atoms with Crippen LogP contribution >= 0.6 is 0 Å². The van der Waals surface area contributed by atoms with Crippen molar-refractivity contribution in [3.05, 3.63) is 18.0 Å². The Labute approximate surface area is 111 Å². The molecule has 1 atom stereocenters. The molecule has 1 amide bonds. The summed E-state index contributed by atoms with van der Waals surface area (Å²) in [4.78, 5) is 28.4. The van der Waals surface area contributed by atoms with Gasteiger partial charge in [0.25, 0.3) is 5.91 Å². The molecule has 2 rings (SSSR count). The minimum atomic E-state index is -0.282. The van der Waals surface area contributed by atoms with Crippen LogP contribution in [0.4, 0.5) is 5.69 Å². The fraction of sp³-hybridized carbons (Fsp3) is 0.538. The number of amides is 1. The Hall–Kier alpha value is -1.98. The van der Waals surface area contributed by atoms with Crippen LogP contribution in [0.3, 0.4) is 0 Å². The van der Waals surface area contributed by atoms with Crippen molar-refractivity contribution >= 4 is 17.6 Å². The third-order valence-electron chi connectivity index (χ3n) is 3.45. The Morgan fingerprint density at radius 1 is 1.53 bits per heavy atom. The first kappa shape index (κ1) is 13.5. The molecular formula is C13H19N3O3. The summed E-state index contributed by atoms with van der Waals surface area (Å²) in [5, 5.41) is 0. The number of H-pyrrole nitrogens is 1. The third kappa shape index (κ3) is 3.07. The fourth-order valence-electron chi connectivity index (χ4n) is 2.45. The van der Waals surface area contributed by atoms with E-state index < -0.39 is 0 Å². The summed E-state index contributed by atoms with van der Waals surface area (Å²) in [6.07, 6.45) is 4.65. The van der Waals surface area contributed by atoms with Crippen LogP contribution in [0, 0.1) is 0 Å². The molecule has 0 bridgehead atoms. The molecule has 6 heteroatoms. The maximum Gasteiger partial charge on any atom is 0.307 e. The molecule has 0 saturated carbocycles. The van der Waals surface area contributed by atoms with Crippen LogP contribution < -0.4 is 5.73 Å². The number of ether oxygens (including phenoxy) is 1. The number of anilines is 1. The van der Waals surface area contributed by atoms with Gasteiger partial charge in [0.1, 0.15) is 5.69 Å². The highest BCUT2D eigenvalue weighted by Gasteiger charge is 2.29. The van der Waals surface area contributed by atoms with E-state index in [1.807, 2.05) is 0 Å². The minimum Gasteiger partial charge on any atom is -0.469 e. The highest BCUT2D eigenvalue weighted by atomic mass is 16.5. The Kier molecular flexibility index (Phi) is 4.09. The molecule has 0 aliphatic carbocycles. The van der Waals surface area contributed by atoms with Gasteiger partial charge in [-0.05, 0) is 25.3 Å². The van der Waals surface area contributed by atoms with Crippen LogP contribution in [-0.4, -0.2) is 41.5 Å². The van der Waals surface area contributed by atoms with Gasteiger partial charge in [-0.25, -0.2) is 0 Å². The number of methoxy groups -OCH3 is 1. The zero-order valence-electron chi connectivity index (χ0n) is 11.0. The van der Waals surface area contributed by atoms with Gasteiger partial charge < -0.3 is 20.4 Å². The lowest BCUT2D eigenvalue weighted by molar-refractivity contribution is -0.142. The highest BCUT2D eigenvalue weighted by molar-refractivity contribution is 5.94. The van der Waals surface area contributed by atoms with E-state index in [-0.39, 0.29) is 24.3 Å². The van der Waals surface area contributed by atoms with Crippen molar-refractivity contribution in [1.82, 2.24) is 9.88 Å². The number of aromatic amines is 1. The van der Waals surface area contributed by atoms with Crippen LogP contribution in [0.15, 0.2) is 12.3 Å². The number of likely N-dealkylation sites (tertiary alicyclic amines) is 1. The largest absolute Gasteiger partial charge is 0.469 e. The summed E-state index contributed by atoms with van der Waals surface area (Å²) in [5.41, 5.74) is 6.61. The average Bonchev–Trinajstić information content (AvgIpc) is 2.85. The number of nitrogens with zero attached hydrogens (tertiary/aromatic N) is 1. The van der Waals surface area contributed by atoms with Gasteiger partial charge in [-0.3, -0.25) is 9.59 Å². The first-order valence-electron chi connectivity index (χ1n) is 6.43. The summed E-state index contributed by atoms with van der Waals surface area (Å²) in [5.74, 6) is -0.388. The monoisotopic (exact) mass is 265 g/mol. The second-order valence-electron chi connectivity index (χ2n) is 4.78. The normalized spacial score (nSPS) is 19.2. The molecule has 1 aromatic rings. The van der Waals surface area contributed by atoms with Crippen LogP contribution in [0.5, 0.6) is 0 Å². The molecule has 1 aromatic heterocycles. The molecule has 1 aliphatic rings. The topological polar surface area (TPSA) is 88.4 Å². The number of piperidine rings is 1. The number of esters is 1. The third-order valence-corrected chi connectivity index (χ3v) is 3.45. The number of nitrogens with two attached hydrogens (primary N) is 1. The minimum absolute atomic E-state index is 0.0850. The first-order chi connectivity index (χ1) is 9.11. The molecule has 3 N–H and O–H groups in total. The number of hydrogen-bond acceptors (Lipinski definition) is 4. The molecule has 6 nitrogen and oxygen atoms in total. The van der Waals surface area contributed by atoms with E-state index in [0.29, 0.717) is 17.9 Å². The van der Waals surface area contributed by atoms with Crippen molar-refractivity contribution in [1.29, 1.82) is 0 Å². The number of nitrogen functional groups attached to an aromatic ring is 1. The number of carbonyl (C=O) groups is 2. The standard InChI is InChI=1S/C13H19N3O3/c1-19-12(17)7-10-4-2-3-5-16(10)13(18)11-6-9(14)8-15-11/h6,8,10,15H,2-5,7,14H2,1H3. The summed E-state index contributed by atoms with van der Waals surface area (Å²) in [7, 11) is 1.36. The van der Waals surface area contributed by atoms with Gasteiger partial charge >= 0.3 is 5.97 Å². The van der Waals surface area contributed by atoms with Crippen LogP contribution in [0.25, 0.3) is 0 Å². The van der Waals surface area contributed by atoms with Gasteiger partial charge in [0.05, 0.1) is 13.5 Å². The van der Waals surface area contributed by atoms with E-state index in [4.69, 9.17) is 5.73 Å². The van der Waals surface area contributed by atoms with E-state index in [1.165, 1.54) is 7.11 Å². The molecule has 0 radical (unpaired) electrons. The van der Waals surface area contributed by atoms with Gasteiger partial charge in [0.2, 0.25) is 0 Å². The number of carbonyl (C=O) groups excluding carboxylic acids is 2. The van der Waals surface area contributed by atoms with Crippen molar-refractivity contribution in [2.75, 3.05) is 19.4 Å². The zero-order chi connectivity index (χ0) is 13.8. The second kappa shape index (κ2) is 5.77. The Balaban J connectivity index is 2.10. The summed E-state index contributed by atoms with van der Waals surface area (Å²) >= 11 is 0. The summed E-state index contributed by atoms with van der Waals surface area (Å²) in [6.45, 7) is 0.666. The van der Waals surface area contributed by atoms with Crippen molar-refractivity contribution in [2.24, 2.45) is 0 Å². The number of rotatable bonds is 3. The predicted molar refractivity (Wildman–Crippen MR) is 70.5 cm³/mol. The SMILES string of the molecule is COC(=O)CC1CCCCN1C(=O)c1cc(N)c[nH]1. The number of hydrogen-bond donors (Lipinski definition) is 2. The molecule has 1 saturated heterocycles. The van der Waals surface area contributed by atoms with Gasteiger partial charge in [0.15, 0.2) is 0 Å². The Morgan fingerprint density at radius 3 is 2.95 bits per heavy atom. The lowest BCUT2D eigenvalue weighted by Crippen LogP contribution is -2.45. The molecule has 2 heterocycles. The molecule has 1 unspecified atom stereocenters.